The van der Waals surface area contributed by atoms with E-state index in [1.165, 1.54) is 36.9 Å². The average Bonchev–Trinajstić information content (AvgIpc) is 2.66. The van der Waals surface area contributed by atoms with E-state index in [1.807, 2.05) is 0 Å². The normalized spacial score (nSPS) is 15.2. The van der Waals surface area contributed by atoms with E-state index < -0.39 is 23.9 Å². The molecule has 0 saturated carbocycles. The van der Waals surface area contributed by atoms with Crippen molar-refractivity contribution in [3.05, 3.63) is 48.0 Å². The molecule has 1 atom stereocenters. The molecule has 2 aromatic carbocycles. The van der Waals surface area contributed by atoms with Crippen LogP contribution in [0.3, 0.4) is 0 Å². The van der Waals surface area contributed by atoms with Gasteiger partial charge in [0.05, 0.1) is 11.3 Å². The highest BCUT2D eigenvalue weighted by Gasteiger charge is 2.33. The minimum Gasteiger partial charge on any atom is -0.479 e. The SMILES string of the molecule is CC(=O)Nc1ccc(NC(=O)CN2C(=O)C(C)Oc3cc(C(=O)O)ccc32)cc1. The van der Waals surface area contributed by atoms with Gasteiger partial charge in [0.2, 0.25) is 11.8 Å². The number of carboxylic acids is 1. The number of aromatic carboxylic acids is 1. The first-order chi connectivity index (χ1) is 13.7. The van der Waals surface area contributed by atoms with Crippen LogP contribution in [0.1, 0.15) is 24.2 Å². The molecule has 0 bridgehead atoms. The van der Waals surface area contributed by atoms with Gasteiger partial charge in [0, 0.05) is 18.3 Å². The lowest BCUT2D eigenvalue weighted by atomic mass is 10.1. The van der Waals surface area contributed by atoms with Crippen molar-refractivity contribution in [3.63, 3.8) is 0 Å². The lowest BCUT2D eigenvalue weighted by Gasteiger charge is -2.32. The molecular formula is C20H19N3O6. The summed E-state index contributed by atoms with van der Waals surface area (Å²) in [4.78, 5) is 48.4. The number of carbonyl (C=O) groups is 4. The van der Waals surface area contributed by atoms with Gasteiger partial charge in [-0.25, -0.2) is 4.79 Å². The van der Waals surface area contributed by atoms with Crippen LogP contribution in [0.2, 0.25) is 0 Å². The third-order valence-electron chi connectivity index (χ3n) is 4.21. The second-order valence-electron chi connectivity index (χ2n) is 6.48. The van der Waals surface area contributed by atoms with Crippen molar-refractivity contribution in [1.82, 2.24) is 0 Å². The smallest absolute Gasteiger partial charge is 0.335 e. The number of benzene rings is 2. The molecule has 9 nitrogen and oxygen atoms in total. The molecule has 0 aromatic heterocycles. The Morgan fingerprint density at radius 3 is 2.28 bits per heavy atom. The van der Waals surface area contributed by atoms with E-state index >= 15 is 0 Å². The summed E-state index contributed by atoms with van der Waals surface area (Å²) in [6, 6.07) is 10.6. The predicted molar refractivity (Wildman–Crippen MR) is 105 cm³/mol. The van der Waals surface area contributed by atoms with Gasteiger partial charge in [0.15, 0.2) is 6.10 Å². The molecule has 150 valence electrons. The number of hydrogen-bond acceptors (Lipinski definition) is 5. The highest BCUT2D eigenvalue weighted by atomic mass is 16.5. The van der Waals surface area contributed by atoms with Crippen LogP contribution in [-0.2, 0) is 14.4 Å². The van der Waals surface area contributed by atoms with E-state index in [-0.39, 0.29) is 23.8 Å². The second-order valence-corrected chi connectivity index (χ2v) is 6.48. The Hall–Kier alpha value is -3.88. The third-order valence-corrected chi connectivity index (χ3v) is 4.21. The van der Waals surface area contributed by atoms with E-state index in [9.17, 15) is 19.2 Å². The maximum Gasteiger partial charge on any atom is 0.335 e. The number of carboxylic acid groups (broad SMARTS) is 1. The van der Waals surface area contributed by atoms with E-state index in [2.05, 4.69) is 10.6 Å². The Balaban J connectivity index is 1.75. The maximum atomic E-state index is 12.5. The summed E-state index contributed by atoms with van der Waals surface area (Å²) in [6.07, 6.45) is -0.851. The first kappa shape index (κ1) is 19.9. The van der Waals surface area contributed by atoms with E-state index in [1.54, 1.807) is 24.3 Å². The number of amides is 3. The largest absolute Gasteiger partial charge is 0.479 e. The molecule has 3 amide bonds. The number of carbonyl (C=O) groups excluding carboxylic acids is 3. The minimum atomic E-state index is -1.12. The van der Waals surface area contributed by atoms with Crippen LogP contribution in [-0.4, -0.2) is 41.4 Å². The molecule has 29 heavy (non-hydrogen) atoms. The zero-order chi connectivity index (χ0) is 21.1. The molecule has 0 aliphatic carbocycles. The van der Waals surface area contributed by atoms with Crippen LogP contribution in [0.4, 0.5) is 17.1 Å². The van der Waals surface area contributed by atoms with Gasteiger partial charge in [-0.15, -0.1) is 0 Å². The summed E-state index contributed by atoms with van der Waals surface area (Å²) >= 11 is 0. The van der Waals surface area contributed by atoms with Gasteiger partial charge in [0.1, 0.15) is 12.3 Å². The molecule has 1 aliphatic heterocycles. The second kappa shape index (κ2) is 8.01. The Morgan fingerprint density at radius 2 is 1.69 bits per heavy atom. The van der Waals surface area contributed by atoms with Crippen LogP contribution in [0.25, 0.3) is 0 Å². The van der Waals surface area contributed by atoms with Crippen molar-refractivity contribution in [2.45, 2.75) is 20.0 Å². The van der Waals surface area contributed by atoms with Crippen molar-refractivity contribution >= 4 is 40.8 Å². The fourth-order valence-corrected chi connectivity index (χ4v) is 2.89. The first-order valence-electron chi connectivity index (χ1n) is 8.77. The maximum absolute atomic E-state index is 12.5. The number of fused-ring (bicyclic) bond motifs is 1. The zero-order valence-corrected chi connectivity index (χ0v) is 15.8. The lowest BCUT2D eigenvalue weighted by Crippen LogP contribution is -2.47. The van der Waals surface area contributed by atoms with Crippen LogP contribution >= 0.6 is 0 Å². The Morgan fingerprint density at radius 1 is 1.07 bits per heavy atom. The molecule has 9 heteroatoms. The van der Waals surface area contributed by atoms with Gasteiger partial charge in [-0.05, 0) is 49.4 Å². The predicted octanol–water partition coefficient (Wildman–Crippen LogP) is 2.10. The molecule has 2 aromatic rings. The summed E-state index contributed by atoms with van der Waals surface area (Å²) in [7, 11) is 0. The molecule has 0 radical (unpaired) electrons. The highest BCUT2D eigenvalue weighted by molar-refractivity contribution is 6.06. The molecule has 3 N–H and O–H groups in total. The fraction of sp³-hybridized carbons (Fsp3) is 0.200. The van der Waals surface area contributed by atoms with Gasteiger partial charge in [-0.1, -0.05) is 0 Å². The fourth-order valence-electron chi connectivity index (χ4n) is 2.89. The Bertz CT molecular complexity index is 986. The summed E-state index contributed by atoms with van der Waals surface area (Å²) in [5.41, 5.74) is 1.44. The molecule has 3 rings (SSSR count). The van der Waals surface area contributed by atoms with Crippen LogP contribution in [0, 0.1) is 0 Å². The van der Waals surface area contributed by atoms with Crippen molar-refractivity contribution in [3.8, 4) is 5.75 Å². The monoisotopic (exact) mass is 397 g/mol. The summed E-state index contributed by atoms with van der Waals surface area (Å²) in [6.45, 7) is 2.66. The van der Waals surface area contributed by atoms with Crippen molar-refractivity contribution in [2.24, 2.45) is 0 Å². The molecule has 1 aliphatic rings. The van der Waals surface area contributed by atoms with E-state index in [4.69, 9.17) is 9.84 Å². The number of anilines is 3. The lowest BCUT2D eigenvalue weighted by molar-refractivity contribution is -0.127. The van der Waals surface area contributed by atoms with Crippen LogP contribution in [0.15, 0.2) is 42.5 Å². The average molecular weight is 397 g/mol. The number of nitrogens with zero attached hydrogens (tertiary/aromatic N) is 1. The van der Waals surface area contributed by atoms with Gasteiger partial charge < -0.3 is 20.5 Å². The van der Waals surface area contributed by atoms with Crippen molar-refractivity contribution in [2.75, 3.05) is 22.1 Å². The molecule has 0 spiro atoms. The number of nitrogens with one attached hydrogen (secondary N) is 2. The van der Waals surface area contributed by atoms with Gasteiger partial charge in [0.25, 0.3) is 5.91 Å². The third kappa shape index (κ3) is 4.52. The number of rotatable bonds is 5. The highest BCUT2D eigenvalue weighted by Crippen LogP contribution is 2.34. The topological polar surface area (TPSA) is 125 Å². The number of hydrogen-bond donors (Lipinski definition) is 3. The van der Waals surface area contributed by atoms with Gasteiger partial charge >= 0.3 is 5.97 Å². The molecule has 1 heterocycles. The molecule has 0 saturated heterocycles. The molecule has 1 unspecified atom stereocenters. The Kier molecular flexibility index (Phi) is 5.49. The minimum absolute atomic E-state index is 0.0222. The van der Waals surface area contributed by atoms with Crippen LogP contribution in [0.5, 0.6) is 5.75 Å². The number of ether oxygens (including phenoxy) is 1. The quantitative estimate of drug-likeness (QED) is 0.710. The first-order valence-corrected chi connectivity index (χ1v) is 8.77. The van der Waals surface area contributed by atoms with Crippen molar-refractivity contribution in [1.29, 1.82) is 0 Å². The zero-order valence-electron chi connectivity index (χ0n) is 15.8. The van der Waals surface area contributed by atoms with E-state index in [0.717, 1.165) is 0 Å². The molecular weight excluding hydrogens is 378 g/mol. The standard InChI is InChI=1S/C20H19N3O6/c1-11-19(26)23(16-8-3-13(20(27)28)9-17(16)29-11)10-18(25)22-15-6-4-14(5-7-15)21-12(2)24/h3-9,11H,10H2,1-2H3,(H,21,24)(H,22,25)(H,27,28). The van der Waals surface area contributed by atoms with Gasteiger partial charge in [-0.3, -0.25) is 19.3 Å². The summed E-state index contributed by atoms with van der Waals surface area (Å²) in [5, 5.41) is 14.4. The Labute approximate surface area is 166 Å². The molecule has 0 fully saturated rings. The summed E-state index contributed by atoms with van der Waals surface area (Å²) < 4.78 is 5.49. The van der Waals surface area contributed by atoms with Crippen LogP contribution < -0.4 is 20.3 Å². The van der Waals surface area contributed by atoms with Crippen molar-refractivity contribution < 1.29 is 29.0 Å². The summed E-state index contributed by atoms with van der Waals surface area (Å²) in [5.74, 6) is -1.94. The van der Waals surface area contributed by atoms with Gasteiger partial charge in [-0.2, -0.15) is 0 Å². The van der Waals surface area contributed by atoms with E-state index in [0.29, 0.717) is 17.1 Å².